The van der Waals surface area contributed by atoms with Gasteiger partial charge in [0.05, 0.1) is 0 Å². The molecule has 0 heterocycles. The molecule has 0 aromatic heterocycles. The zero-order valence-corrected chi connectivity index (χ0v) is 8.29. The van der Waals surface area contributed by atoms with E-state index in [1.165, 1.54) is 42.5 Å². The number of aryl methyl sites for hydroxylation is 1. The number of rotatable bonds is 2. The van der Waals surface area contributed by atoms with Crippen molar-refractivity contribution in [2.24, 2.45) is 0 Å². The standard InChI is InChI=1S/C13H15N/c1-2-6-12-10(4-1)5-3-7-13(12)14-11-8-9-11/h1-2,4,6-7,11,14H,3,5,8-9H2. The normalized spacial score (nSPS) is 19.9. The number of nitrogens with one attached hydrogen (secondary N) is 1. The van der Waals surface area contributed by atoms with E-state index in [0.29, 0.717) is 0 Å². The molecule has 14 heavy (non-hydrogen) atoms. The molecule has 1 fully saturated rings. The average Bonchev–Trinajstić information content (AvgIpc) is 3.03. The Morgan fingerprint density at radius 2 is 2.00 bits per heavy atom. The van der Waals surface area contributed by atoms with Crippen molar-refractivity contribution in [2.75, 3.05) is 0 Å². The summed E-state index contributed by atoms with van der Waals surface area (Å²) in [7, 11) is 0. The fourth-order valence-electron chi connectivity index (χ4n) is 2.07. The molecule has 0 amide bonds. The van der Waals surface area contributed by atoms with Crippen molar-refractivity contribution in [3.8, 4) is 0 Å². The Bertz CT molecular complexity index is 375. The second-order valence-corrected chi connectivity index (χ2v) is 4.23. The lowest BCUT2D eigenvalue weighted by Crippen LogP contribution is -2.17. The third-order valence-electron chi connectivity index (χ3n) is 3.01. The molecule has 0 unspecified atom stereocenters. The molecule has 0 aliphatic heterocycles. The minimum absolute atomic E-state index is 0.757. The molecule has 0 saturated heterocycles. The van der Waals surface area contributed by atoms with Crippen LogP contribution >= 0.6 is 0 Å². The fraction of sp³-hybridized carbons (Fsp3) is 0.385. The Hall–Kier alpha value is -1.24. The van der Waals surface area contributed by atoms with Gasteiger partial charge in [0.25, 0.3) is 0 Å². The fourth-order valence-corrected chi connectivity index (χ4v) is 2.07. The first-order valence-corrected chi connectivity index (χ1v) is 5.48. The van der Waals surface area contributed by atoms with Crippen LogP contribution in [0.2, 0.25) is 0 Å². The maximum absolute atomic E-state index is 3.61. The van der Waals surface area contributed by atoms with Gasteiger partial charge in [0.2, 0.25) is 0 Å². The van der Waals surface area contributed by atoms with Gasteiger partial charge in [-0.25, -0.2) is 0 Å². The molecule has 2 aliphatic rings. The maximum atomic E-state index is 3.61. The Balaban J connectivity index is 1.93. The van der Waals surface area contributed by atoms with Crippen molar-refractivity contribution in [2.45, 2.75) is 31.7 Å². The molecule has 3 rings (SSSR count). The predicted octanol–water partition coefficient (Wildman–Crippen LogP) is 2.73. The number of fused-ring (bicyclic) bond motifs is 1. The lowest BCUT2D eigenvalue weighted by Gasteiger charge is -2.18. The summed E-state index contributed by atoms with van der Waals surface area (Å²) >= 11 is 0. The molecule has 72 valence electrons. The van der Waals surface area contributed by atoms with Crippen LogP contribution in [0.25, 0.3) is 5.70 Å². The van der Waals surface area contributed by atoms with Crippen molar-refractivity contribution in [1.29, 1.82) is 0 Å². The van der Waals surface area contributed by atoms with Crippen LogP contribution in [0.3, 0.4) is 0 Å². The first-order chi connectivity index (χ1) is 6.93. The highest BCUT2D eigenvalue weighted by atomic mass is 15.0. The summed E-state index contributed by atoms with van der Waals surface area (Å²) < 4.78 is 0. The SMILES string of the molecule is C1=C(NC2CC2)c2ccccc2CC1. The first kappa shape index (κ1) is 8.10. The first-order valence-electron chi connectivity index (χ1n) is 5.48. The molecular weight excluding hydrogens is 170 g/mol. The highest BCUT2D eigenvalue weighted by Gasteiger charge is 2.23. The van der Waals surface area contributed by atoms with E-state index in [0.717, 1.165) is 6.04 Å². The largest absolute Gasteiger partial charge is 0.382 e. The third-order valence-corrected chi connectivity index (χ3v) is 3.01. The molecule has 1 nitrogen and oxygen atoms in total. The van der Waals surface area contributed by atoms with Gasteiger partial charge in [-0.3, -0.25) is 0 Å². The van der Waals surface area contributed by atoms with E-state index >= 15 is 0 Å². The molecule has 2 aliphatic carbocycles. The van der Waals surface area contributed by atoms with Gasteiger partial charge in [-0.05, 0) is 31.2 Å². The van der Waals surface area contributed by atoms with Gasteiger partial charge in [0.1, 0.15) is 0 Å². The second kappa shape index (κ2) is 3.16. The Labute approximate surface area is 84.8 Å². The van der Waals surface area contributed by atoms with Gasteiger partial charge in [-0.2, -0.15) is 0 Å². The second-order valence-electron chi connectivity index (χ2n) is 4.23. The van der Waals surface area contributed by atoms with Gasteiger partial charge in [0, 0.05) is 17.3 Å². The van der Waals surface area contributed by atoms with Crippen molar-refractivity contribution >= 4 is 5.70 Å². The molecule has 1 N–H and O–H groups in total. The van der Waals surface area contributed by atoms with Crippen LogP contribution in [0.1, 0.15) is 30.4 Å². The minimum atomic E-state index is 0.757. The number of allylic oxidation sites excluding steroid dienone is 1. The zero-order valence-electron chi connectivity index (χ0n) is 8.29. The Kier molecular flexibility index (Phi) is 1.83. The van der Waals surface area contributed by atoms with Gasteiger partial charge in [-0.1, -0.05) is 30.3 Å². The maximum Gasteiger partial charge on any atom is 0.0378 e. The van der Waals surface area contributed by atoms with E-state index in [9.17, 15) is 0 Å². The van der Waals surface area contributed by atoms with E-state index in [1.807, 2.05) is 0 Å². The lowest BCUT2D eigenvalue weighted by atomic mass is 9.95. The quantitative estimate of drug-likeness (QED) is 0.747. The van der Waals surface area contributed by atoms with E-state index in [2.05, 4.69) is 35.7 Å². The highest BCUT2D eigenvalue weighted by molar-refractivity contribution is 5.69. The average molecular weight is 185 g/mol. The van der Waals surface area contributed by atoms with Crippen molar-refractivity contribution < 1.29 is 0 Å². The van der Waals surface area contributed by atoms with E-state index < -0.39 is 0 Å². The minimum Gasteiger partial charge on any atom is -0.382 e. The Morgan fingerprint density at radius 3 is 2.86 bits per heavy atom. The highest BCUT2D eigenvalue weighted by Crippen LogP contribution is 2.28. The van der Waals surface area contributed by atoms with Crippen LogP contribution < -0.4 is 5.32 Å². The van der Waals surface area contributed by atoms with Crippen LogP contribution in [0.4, 0.5) is 0 Å². The van der Waals surface area contributed by atoms with Gasteiger partial charge < -0.3 is 5.32 Å². The van der Waals surface area contributed by atoms with E-state index in [4.69, 9.17) is 0 Å². The number of hydrogen-bond donors (Lipinski definition) is 1. The van der Waals surface area contributed by atoms with Gasteiger partial charge in [-0.15, -0.1) is 0 Å². The molecule has 0 bridgehead atoms. The zero-order chi connectivity index (χ0) is 9.38. The third kappa shape index (κ3) is 1.43. The van der Waals surface area contributed by atoms with Crippen molar-refractivity contribution in [1.82, 2.24) is 5.32 Å². The summed E-state index contributed by atoms with van der Waals surface area (Å²) in [5.41, 5.74) is 4.29. The van der Waals surface area contributed by atoms with Gasteiger partial charge >= 0.3 is 0 Å². The van der Waals surface area contributed by atoms with Crippen molar-refractivity contribution in [3.05, 3.63) is 41.5 Å². The summed E-state index contributed by atoms with van der Waals surface area (Å²) in [5, 5.41) is 3.61. The Morgan fingerprint density at radius 1 is 1.14 bits per heavy atom. The molecule has 1 aromatic rings. The van der Waals surface area contributed by atoms with Crippen molar-refractivity contribution in [3.63, 3.8) is 0 Å². The number of benzene rings is 1. The number of hydrogen-bond acceptors (Lipinski definition) is 1. The molecule has 0 spiro atoms. The van der Waals surface area contributed by atoms with Crippen LogP contribution in [0.5, 0.6) is 0 Å². The summed E-state index contributed by atoms with van der Waals surface area (Å²) in [6, 6.07) is 9.50. The smallest absolute Gasteiger partial charge is 0.0378 e. The molecule has 0 radical (unpaired) electrons. The summed E-state index contributed by atoms with van der Waals surface area (Å²) in [6.45, 7) is 0. The molecule has 1 heteroatoms. The van der Waals surface area contributed by atoms with Crippen LogP contribution in [0, 0.1) is 0 Å². The van der Waals surface area contributed by atoms with Crippen LogP contribution in [0.15, 0.2) is 30.3 Å². The monoisotopic (exact) mass is 185 g/mol. The lowest BCUT2D eigenvalue weighted by molar-refractivity contribution is 0.854. The molecular formula is C13H15N. The summed E-state index contributed by atoms with van der Waals surface area (Å²) in [4.78, 5) is 0. The molecule has 1 saturated carbocycles. The topological polar surface area (TPSA) is 12.0 Å². The van der Waals surface area contributed by atoms with Crippen LogP contribution in [-0.2, 0) is 6.42 Å². The summed E-state index contributed by atoms with van der Waals surface area (Å²) in [6.07, 6.45) is 7.43. The molecule has 0 atom stereocenters. The summed E-state index contributed by atoms with van der Waals surface area (Å²) in [5.74, 6) is 0. The predicted molar refractivity (Wildman–Crippen MR) is 58.9 cm³/mol. The van der Waals surface area contributed by atoms with E-state index in [1.54, 1.807) is 0 Å². The van der Waals surface area contributed by atoms with Gasteiger partial charge in [0.15, 0.2) is 0 Å². The van der Waals surface area contributed by atoms with E-state index in [-0.39, 0.29) is 0 Å². The van der Waals surface area contributed by atoms with Crippen LogP contribution in [-0.4, -0.2) is 6.04 Å². The molecule has 1 aromatic carbocycles.